The molecule has 3 amide bonds. The number of carbonyl (C=O) groups excluding carboxylic acids is 3. The van der Waals surface area contributed by atoms with E-state index in [-0.39, 0.29) is 6.61 Å². The van der Waals surface area contributed by atoms with E-state index in [9.17, 15) is 14.4 Å². The summed E-state index contributed by atoms with van der Waals surface area (Å²) in [5.74, 6) is -0.436. The zero-order valence-corrected chi connectivity index (χ0v) is 14.6. The lowest BCUT2D eigenvalue weighted by Gasteiger charge is -2.50. The molecule has 2 aromatic rings. The first-order valence-electron chi connectivity index (χ1n) is 8.29. The molecule has 3 rings (SSSR count). The molecule has 0 unspecified atom stereocenters. The number of β-lactam (4-membered cyclic amide) rings is 1. The third-order valence-electron chi connectivity index (χ3n) is 4.61. The fourth-order valence-electron chi connectivity index (χ4n) is 2.96. The van der Waals surface area contributed by atoms with E-state index in [0.29, 0.717) is 6.41 Å². The lowest BCUT2D eigenvalue weighted by molar-refractivity contribution is -0.163. The molecule has 26 heavy (non-hydrogen) atoms. The minimum absolute atomic E-state index is 0.0969. The number of imide groups is 1. The van der Waals surface area contributed by atoms with Crippen LogP contribution < -0.4 is 5.32 Å². The van der Waals surface area contributed by atoms with Crippen LogP contribution in [0.2, 0.25) is 0 Å². The third kappa shape index (κ3) is 3.31. The van der Waals surface area contributed by atoms with Crippen LogP contribution in [0.5, 0.6) is 0 Å². The molecular weight excluding hydrogens is 332 g/mol. The maximum Gasteiger partial charge on any atom is 0.408 e. The first-order valence-corrected chi connectivity index (χ1v) is 8.29. The van der Waals surface area contributed by atoms with Gasteiger partial charge < -0.3 is 10.1 Å². The Morgan fingerprint density at radius 1 is 1.12 bits per heavy atom. The predicted octanol–water partition coefficient (Wildman–Crippen LogP) is 2.73. The van der Waals surface area contributed by atoms with E-state index >= 15 is 0 Å². The van der Waals surface area contributed by atoms with Gasteiger partial charge in [0, 0.05) is 0 Å². The zero-order chi connectivity index (χ0) is 18.7. The van der Waals surface area contributed by atoms with Gasteiger partial charge in [-0.2, -0.15) is 0 Å². The molecular formula is C20H20N2O4. The second-order valence-corrected chi connectivity index (χ2v) is 6.68. The van der Waals surface area contributed by atoms with Gasteiger partial charge in [0.05, 0.1) is 5.54 Å². The molecule has 0 radical (unpaired) electrons. The molecule has 1 aliphatic rings. The van der Waals surface area contributed by atoms with Crippen LogP contribution in [0.1, 0.15) is 19.4 Å². The van der Waals surface area contributed by atoms with Crippen molar-refractivity contribution in [2.45, 2.75) is 32.0 Å². The Bertz CT molecular complexity index is 815. The van der Waals surface area contributed by atoms with Crippen LogP contribution in [-0.4, -0.2) is 34.9 Å². The number of nitrogens with zero attached hydrogens (tertiary/aromatic N) is 1. The Balaban J connectivity index is 1.54. The van der Waals surface area contributed by atoms with Gasteiger partial charge in [0.1, 0.15) is 12.6 Å². The Morgan fingerprint density at radius 3 is 2.31 bits per heavy atom. The molecule has 1 N–H and O–H groups in total. The van der Waals surface area contributed by atoms with Gasteiger partial charge in [-0.05, 0) is 30.5 Å². The lowest BCUT2D eigenvalue weighted by Crippen LogP contribution is -2.76. The molecule has 6 nitrogen and oxygen atoms in total. The average molecular weight is 352 g/mol. The standard InChI is InChI=1S/C20H20N2O4/c1-20(2)17(18(24)22(20)13-23)21-19(25)26-12-14-8-10-16(11-9-14)15-6-4-3-5-7-15/h3-11,13,17H,12H2,1-2H3,(H,21,25)/t17-/m1/s1. The Morgan fingerprint density at radius 2 is 1.73 bits per heavy atom. The molecule has 1 heterocycles. The van der Waals surface area contributed by atoms with Gasteiger partial charge in [-0.25, -0.2) is 4.79 Å². The zero-order valence-electron chi connectivity index (χ0n) is 14.6. The Labute approximate surface area is 151 Å². The summed E-state index contributed by atoms with van der Waals surface area (Å²) in [6, 6.07) is 16.9. The van der Waals surface area contributed by atoms with Crippen LogP contribution in [0.4, 0.5) is 4.79 Å². The molecule has 134 valence electrons. The van der Waals surface area contributed by atoms with E-state index in [2.05, 4.69) is 5.32 Å². The molecule has 6 heteroatoms. The van der Waals surface area contributed by atoms with E-state index in [1.807, 2.05) is 54.6 Å². The monoisotopic (exact) mass is 352 g/mol. The smallest absolute Gasteiger partial charge is 0.408 e. The normalized spacial score (nSPS) is 18.0. The van der Waals surface area contributed by atoms with Crippen LogP contribution in [-0.2, 0) is 20.9 Å². The predicted molar refractivity (Wildman–Crippen MR) is 96.0 cm³/mol. The number of alkyl carbamates (subject to hydrolysis) is 1. The van der Waals surface area contributed by atoms with Crippen LogP contribution in [0.25, 0.3) is 11.1 Å². The van der Waals surface area contributed by atoms with Gasteiger partial charge in [0.25, 0.3) is 5.91 Å². The van der Waals surface area contributed by atoms with Crippen molar-refractivity contribution >= 4 is 18.4 Å². The molecule has 0 saturated carbocycles. The highest BCUT2D eigenvalue weighted by Gasteiger charge is 2.55. The molecule has 1 fully saturated rings. The molecule has 1 aliphatic heterocycles. The molecule has 0 spiro atoms. The molecule has 2 aromatic carbocycles. The Hall–Kier alpha value is -3.15. The maximum atomic E-state index is 11.9. The largest absolute Gasteiger partial charge is 0.445 e. The van der Waals surface area contributed by atoms with Crippen molar-refractivity contribution in [3.63, 3.8) is 0 Å². The topological polar surface area (TPSA) is 75.7 Å². The fraction of sp³-hybridized carbons (Fsp3) is 0.250. The minimum atomic E-state index is -0.763. The highest BCUT2D eigenvalue weighted by molar-refractivity contribution is 6.00. The summed E-state index contributed by atoms with van der Waals surface area (Å²) in [5, 5.41) is 2.52. The van der Waals surface area contributed by atoms with E-state index in [4.69, 9.17) is 4.74 Å². The fourth-order valence-corrected chi connectivity index (χ4v) is 2.96. The second-order valence-electron chi connectivity index (χ2n) is 6.68. The number of hydrogen-bond donors (Lipinski definition) is 1. The first-order chi connectivity index (χ1) is 12.4. The number of benzene rings is 2. The number of nitrogens with one attached hydrogen (secondary N) is 1. The number of amides is 3. The number of likely N-dealkylation sites (tertiary alicyclic amines) is 1. The number of hydrogen-bond acceptors (Lipinski definition) is 4. The highest BCUT2D eigenvalue weighted by atomic mass is 16.5. The summed E-state index contributed by atoms with van der Waals surface area (Å²) in [4.78, 5) is 35.7. The summed E-state index contributed by atoms with van der Waals surface area (Å²) in [7, 11) is 0. The molecule has 1 atom stereocenters. The van der Waals surface area contributed by atoms with E-state index in [1.54, 1.807) is 13.8 Å². The van der Waals surface area contributed by atoms with E-state index in [0.717, 1.165) is 21.6 Å². The van der Waals surface area contributed by atoms with Crippen LogP contribution in [0.15, 0.2) is 54.6 Å². The van der Waals surface area contributed by atoms with Crippen molar-refractivity contribution in [1.29, 1.82) is 0 Å². The quantitative estimate of drug-likeness (QED) is 0.663. The summed E-state index contributed by atoms with van der Waals surface area (Å²) >= 11 is 0. The number of ether oxygens (including phenoxy) is 1. The second kappa shape index (κ2) is 7.00. The average Bonchev–Trinajstić information content (AvgIpc) is 2.66. The van der Waals surface area contributed by atoms with Gasteiger partial charge in [-0.3, -0.25) is 14.5 Å². The van der Waals surface area contributed by atoms with Gasteiger partial charge in [0.2, 0.25) is 6.41 Å². The minimum Gasteiger partial charge on any atom is -0.445 e. The SMILES string of the molecule is CC1(C)[C@H](NC(=O)OCc2ccc(-c3ccccc3)cc2)C(=O)N1C=O. The summed E-state index contributed by atoms with van der Waals surface area (Å²) in [6.07, 6.45) is -0.214. The van der Waals surface area contributed by atoms with Crippen molar-refractivity contribution in [2.24, 2.45) is 0 Å². The van der Waals surface area contributed by atoms with Gasteiger partial charge in [-0.15, -0.1) is 0 Å². The van der Waals surface area contributed by atoms with Crippen molar-refractivity contribution in [3.05, 3.63) is 60.2 Å². The van der Waals surface area contributed by atoms with Gasteiger partial charge in [-0.1, -0.05) is 54.6 Å². The Kier molecular flexibility index (Phi) is 4.75. The van der Waals surface area contributed by atoms with Crippen molar-refractivity contribution < 1.29 is 19.1 Å². The molecule has 1 saturated heterocycles. The van der Waals surface area contributed by atoms with Gasteiger partial charge >= 0.3 is 6.09 Å². The number of rotatable bonds is 5. The van der Waals surface area contributed by atoms with E-state index in [1.165, 1.54) is 0 Å². The van der Waals surface area contributed by atoms with Crippen molar-refractivity contribution in [1.82, 2.24) is 10.2 Å². The van der Waals surface area contributed by atoms with E-state index < -0.39 is 23.6 Å². The first kappa shape index (κ1) is 17.7. The van der Waals surface area contributed by atoms with Crippen LogP contribution >= 0.6 is 0 Å². The summed E-state index contributed by atoms with van der Waals surface area (Å²) < 4.78 is 5.18. The molecule has 0 bridgehead atoms. The molecule has 0 aliphatic carbocycles. The van der Waals surface area contributed by atoms with Crippen LogP contribution in [0.3, 0.4) is 0 Å². The summed E-state index contributed by atoms with van der Waals surface area (Å²) in [5.41, 5.74) is 2.28. The van der Waals surface area contributed by atoms with Crippen molar-refractivity contribution in [3.8, 4) is 11.1 Å². The highest BCUT2D eigenvalue weighted by Crippen LogP contribution is 2.30. The van der Waals surface area contributed by atoms with Gasteiger partial charge in [0.15, 0.2) is 0 Å². The third-order valence-corrected chi connectivity index (χ3v) is 4.61. The molecule has 0 aromatic heterocycles. The van der Waals surface area contributed by atoms with Crippen LogP contribution in [0, 0.1) is 0 Å². The number of carbonyl (C=O) groups is 3. The maximum absolute atomic E-state index is 11.9. The van der Waals surface area contributed by atoms with Crippen molar-refractivity contribution in [2.75, 3.05) is 0 Å². The lowest BCUT2D eigenvalue weighted by atomic mass is 9.83. The summed E-state index contributed by atoms with van der Waals surface area (Å²) in [6.45, 7) is 3.51.